The van der Waals surface area contributed by atoms with Gasteiger partial charge in [0.1, 0.15) is 0 Å². The average molecular weight is 272 g/mol. The number of aromatic nitrogens is 2. The molecule has 5 heteroatoms. The molecule has 1 atom stereocenters. The van der Waals surface area contributed by atoms with Gasteiger partial charge >= 0.3 is 6.01 Å². The van der Waals surface area contributed by atoms with Crippen molar-refractivity contribution >= 4 is 16.6 Å². The minimum atomic E-state index is 0.423. The van der Waals surface area contributed by atoms with E-state index in [0.29, 0.717) is 12.1 Å². The molecule has 0 aliphatic carbocycles. The molecule has 0 amide bonds. The fraction of sp³-hybridized carbons (Fsp3) is 0.467. The first-order chi connectivity index (χ1) is 9.69. The number of hydrogen-bond acceptors (Lipinski definition) is 5. The first-order valence-corrected chi connectivity index (χ1v) is 6.97. The van der Waals surface area contributed by atoms with Gasteiger partial charge in [-0.05, 0) is 25.5 Å². The number of rotatable bonds is 2. The lowest BCUT2D eigenvalue weighted by Gasteiger charge is -2.34. The van der Waals surface area contributed by atoms with Crippen molar-refractivity contribution in [1.82, 2.24) is 15.3 Å². The van der Waals surface area contributed by atoms with Gasteiger partial charge in [0.05, 0.1) is 12.6 Å². The maximum atomic E-state index is 5.13. The number of nitrogens with zero attached hydrogens (tertiary/aromatic N) is 3. The quantitative estimate of drug-likeness (QED) is 0.902. The molecule has 2 heterocycles. The highest BCUT2D eigenvalue weighted by molar-refractivity contribution is 5.93. The summed E-state index contributed by atoms with van der Waals surface area (Å²) in [7, 11) is 1.60. The highest BCUT2D eigenvalue weighted by Gasteiger charge is 2.19. The van der Waals surface area contributed by atoms with E-state index in [1.54, 1.807) is 7.11 Å². The second-order valence-electron chi connectivity index (χ2n) is 5.32. The number of methoxy groups -OCH3 is 1. The second kappa shape index (κ2) is 5.25. The van der Waals surface area contributed by atoms with Crippen molar-refractivity contribution in [3.63, 3.8) is 0 Å². The number of nitrogens with one attached hydrogen (secondary N) is 1. The van der Waals surface area contributed by atoms with Gasteiger partial charge in [0, 0.05) is 42.9 Å². The molecule has 0 spiro atoms. The molecule has 1 aliphatic heterocycles. The molecule has 20 heavy (non-hydrogen) atoms. The number of fused-ring (bicyclic) bond motifs is 1. The van der Waals surface area contributed by atoms with Gasteiger partial charge in [-0.2, -0.15) is 4.98 Å². The van der Waals surface area contributed by atoms with Crippen LogP contribution in [0.4, 0.5) is 5.69 Å². The van der Waals surface area contributed by atoms with E-state index in [4.69, 9.17) is 4.74 Å². The molecule has 0 radical (unpaired) electrons. The lowest BCUT2D eigenvalue weighted by Crippen LogP contribution is -2.49. The fourth-order valence-corrected chi connectivity index (χ4v) is 2.75. The highest BCUT2D eigenvalue weighted by atomic mass is 16.5. The third-order valence-corrected chi connectivity index (χ3v) is 3.80. The molecule has 1 aromatic carbocycles. The van der Waals surface area contributed by atoms with E-state index >= 15 is 0 Å². The van der Waals surface area contributed by atoms with Crippen LogP contribution in [-0.4, -0.2) is 42.8 Å². The minimum Gasteiger partial charge on any atom is -0.467 e. The Balaban J connectivity index is 2.09. The van der Waals surface area contributed by atoms with Gasteiger partial charge in [0.2, 0.25) is 0 Å². The molecule has 1 aromatic heterocycles. The first-order valence-electron chi connectivity index (χ1n) is 6.97. The summed E-state index contributed by atoms with van der Waals surface area (Å²) in [6.07, 6.45) is 1.87. The SMILES string of the molecule is COc1ncc2c(N3CCNC(C)C3)ccc(C)c2n1. The monoisotopic (exact) mass is 272 g/mol. The number of ether oxygens (including phenoxy) is 1. The molecule has 2 aromatic rings. The van der Waals surface area contributed by atoms with Gasteiger partial charge in [-0.3, -0.25) is 0 Å². The Morgan fingerprint density at radius 2 is 2.25 bits per heavy atom. The summed E-state index contributed by atoms with van der Waals surface area (Å²) in [5.41, 5.74) is 3.33. The maximum absolute atomic E-state index is 5.13. The summed E-state index contributed by atoms with van der Waals surface area (Å²) in [4.78, 5) is 11.2. The van der Waals surface area contributed by atoms with Gasteiger partial charge in [-0.15, -0.1) is 0 Å². The molecule has 1 fully saturated rings. The Morgan fingerprint density at radius 3 is 3.00 bits per heavy atom. The third-order valence-electron chi connectivity index (χ3n) is 3.80. The predicted molar refractivity (Wildman–Crippen MR) is 80.5 cm³/mol. The number of hydrogen-bond donors (Lipinski definition) is 1. The molecule has 1 N–H and O–H groups in total. The summed E-state index contributed by atoms with van der Waals surface area (Å²) in [6.45, 7) is 7.30. The van der Waals surface area contributed by atoms with Gasteiger partial charge in [0.15, 0.2) is 0 Å². The van der Waals surface area contributed by atoms with Crippen LogP contribution in [-0.2, 0) is 0 Å². The number of anilines is 1. The zero-order valence-electron chi connectivity index (χ0n) is 12.2. The van der Waals surface area contributed by atoms with Crippen molar-refractivity contribution in [3.05, 3.63) is 23.9 Å². The zero-order chi connectivity index (χ0) is 14.1. The summed E-state index contributed by atoms with van der Waals surface area (Å²) in [6, 6.07) is 5.22. The molecule has 0 bridgehead atoms. The third kappa shape index (κ3) is 2.29. The van der Waals surface area contributed by atoms with Crippen molar-refractivity contribution in [2.24, 2.45) is 0 Å². The Morgan fingerprint density at radius 1 is 1.40 bits per heavy atom. The number of aryl methyl sites for hydroxylation is 1. The van der Waals surface area contributed by atoms with Crippen molar-refractivity contribution in [1.29, 1.82) is 0 Å². The normalized spacial score (nSPS) is 19.4. The van der Waals surface area contributed by atoms with E-state index in [9.17, 15) is 0 Å². The molecule has 0 saturated carbocycles. The van der Waals surface area contributed by atoms with Crippen LogP contribution in [0.5, 0.6) is 6.01 Å². The van der Waals surface area contributed by atoms with E-state index in [-0.39, 0.29) is 0 Å². The Kier molecular flexibility index (Phi) is 3.44. The Bertz CT molecular complexity index is 629. The van der Waals surface area contributed by atoms with Crippen LogP contribution in [0, 0.1) is 6.92 Å². The largest absolute Gasteiger partial charge is 0.467 e. The molecule has 1 saturated heterocycles. The van der Waals surface area contributed by atoms with E-state index < -0.39 is 0 Å². The highest BCUT2D eigenvalue weighted by Crippen LogP contribution is 2.29. The van der Waals surface area contributed by atoms with Crippen LogP contribution in [0.25, 0.3) is 10.9 Å². The maximum Gasteiger partial charge on any atom is 0.316 e. The average Bonchev–Trinajstić information content (AvgIpc) is 2.47. The van der Waals surface area contributed by atoms with E-state index in [1.165, 1.54) is 5.69 Å². The van der Waals surface area contributed by atoms with Crippen LogP contribution >= 0.6 is 0 Å². The topological polar surface area (TPSA) is 50.3 Å². The smallest absolute Gasteiger partial charge is 0.316 e. The second-order valence-corrected chi connectivity index (χ2v) is 5.32. The van der Waals surface area contributed by atoms with Crippen LogP contribution in [0.1, 0.15) is 12.5 Å². The van der Waals surface area contributed by atoms with E-state index in [0.717, 1.165) is 36.1 Å². The summed E-state index contributed by atoms with van der Waals surface area (Å²) >= 11 is 0. The Labute approximate surface area is 119 Å². The molecule has 1 unspecified atom stereocenters. The standard InChI is InChI=1S/C15H20N4O/c1-10-4-5-13(19-7-6-16-11(2)9-19)12-8-17-15(20-3)18-14(10)12/h4-5,8,11,16H,6-7,9H2,1-3H3. The van der Waals surface area contributed by atoms with Crippen LogP contribution in [0.3, 0.4) is 0 Å². The molecular weight excluding hydrogens is 252 g/mol. The van der Waals surface area contributed by atoms with Crippen LogP contribution in [0.2, 0.25) is 0 Å². The van der Waals surface area contributed by atoms with Gasteiger partial charge in [-0.1, -0.05) is 6.07 Å². The van der Waals surface area contributed by atoms with Gasteiger partial charge in [-0.25, -0.2) is 4.98 Å². The fourth-order valence-electron chi connectivity index (χ4n) is 2.75. The van der Waals surface area contributed by atoms with E-state index in [1.807, 2.05) is 6.20 Å². The summed E-state index contributed by atoms with van der Waals surface area (Å²) < 4.78 is 5.13. The van der Waals surface area contributed by atoms with Crippen molar-refractivity contribution in [2.75, 3.05) is 31.6 Å². The molecule has 1 aliphatic rings. The van der Waals surface area contributed by atoms with Gasteiger partial charge in [0.25, 0.3) is 0 Å². The summed E-state index contributed by atoms with van der Waals surface area (Å²) in [5.74, 6) is 0. The van der Waals surface area contributed by atoms with E-state index in [2.05, 4.69) is 46.2 Å². The zero-order valence-corrected chi connectivity index (χ0v) is 12.2. The lowest BCUT2D eigenvalue weighted by atomic mass is 10.1. The Hall–Kier alpha value is -1.88. The first kappa shape index (κ1) is 13.1. The number of piperazine rings is 1. The van der Waals surface area contributed by atoms with Crippen LogP contribution < -0.4 is 15.0 Å². The van der Waals surface area contributed by atoms with Crippen molar-refractivity contribution < 1.29 is 4.74 Å². The molecule has 5 nitrogen and oxygen atoms in total. The van der Waals surface area contributed by atoms with Gasteiger partial charge < -0.3 is 15.0 Å². The lowest BCUT2D eigenvalue weighted by molar-refractivity contribution is 0.381. The molecule has 106 valence electrons. The van der Waals surface area contributed by atoms with Crippen LogP contribution in [0.15, 0.2) is 18.3 Å². The molecular formula is C15H20N4O. The van der Waals surface area contributed by atoms with Crippen molar-refractivity contribution in [2.45, 2.75) is 19.9 Å². The van der Waals surface area contributed by atoms with Crippen molar-refractivity contribution in [3.8, 4) is 6.01 Å². The molecule has 3 rings (SSSR count). The summed E-state index contributed by atoms with van der Waals surface area (Å²) in [5, 5.41) is 4.56. The predicted octanol–water partition coefficient (Wildman–Crippen LogP) is 1.74. The minimum absolute atomic E-state index is 0.423. The number of benzene rings is 1.